The standard InChI is InChI=1S/C31H45ClN2S/c32-17-9-4-2-1-3-8-12-28-23-18-30(25-10-6-5-7-11-25)19-24(28)21-31(20-23,22-30)29(35)34-27-15-13-26(33)14-16-27/h5-7,10-12,23-24,26-27H,1-4,8-9,13-22,33H2,(H,34,35)/t23?,24?,26-,27-,30?,31?. The Hall–Kier alpha value is -0.900. The fourth-order valence-corrected chi connectivity index (χ4v) is 8.90. The van der Waals surface area contributed by atoms with Crippen molar-refractivity contribution in [2.24, 2.45) is 23.0 Å². The molecule has 0 spiro atoms. The molecule has 0 radical (unpaired) electrons. The normalized spacial score (nSPS) is 35.8. The number of halogens is 1. The Labute approximate surface area is 223 Å². The van der Waals surface area contributed by atoms with Crippen LogP contribution in [0.15, 0.2) is 42.0 Å². The van der Waals surface area contributed by atoms with Crippen molar-refractivity contribution in [2.45, 2.75) is 114 Å². The quantitative estimate of drug-likeness (QED) is 0.145. The lowest BCUT2D eigenvalue weighted by molar-refractivity contribution is 0.00536. The summed E-state index contributed by atoms with van der Waals surface area (Å²) in [5.74, 6) is 2.21. The lowest BCUT2D eigenvalue weighted by Gasteiger charge is -2.63. The molecule has 0 heterocycles. The van der Waals surface area contributed by atoms with Crippen molar-refractivity contribution in [1.82, 2.24) is 5.32 Å². The molecule has 192 valence electrons. The Morgan fingerprint density at radius 3 is 2.29 bits per heavy atom. The molecule has 5 aliphatic rings. The predicted molar refractivity (Wildman–Crippen MR) is 153 cm³/mol. The number of allylic oxidation sites excluding steroid dienone is 2. The minimum atomic E-state index is 0.176. The zero-order valence-electron chi connectivity index (χ0n) is 21.5. The summed E-state index contributed by atoms with van der Waals surface area (Å²) in [6.07, 6.45) is 21.4. The van der Waals surface area contributed by atoms with E-state index in [1.54, 1.807) is 11.1 Å². The van der Waals surface area contributed by atoms with E-state index in [9.17, 15) is 0 Å². The lowest BCUT2D eigenvalue weighted by Crippen LogP contribution is -2.60. The first-order valence-electron chi connectivity index (χ1n) is 14.4. The molecule has 2 atom stereocenters. The first-order chi connectivity index (χ1) is 17.0. The number of nitrogens with one attached hydrogen (secondary N) is 1. The molecule has 5 saturated carbocycles. The van der Waals surface area contributed by atoms with Gasteiger partial charge in [-0.25, -0.2) is 0 Å². The summed E-state index contributed by atoms with van der Waals surface area (Å²) in [7, 11) is 0. The molecular weight excluding hydrogens is 468 g/mol. The van der Waals surface area contributed by atoms with Crippen LogP contribution in [-0.4, -0.2) is 23.0 Å². The first kappa shape index (κ1) is 25.7. The number of unbranched alkanes of at least 4 members (excludes halogenated alkanes) is 5. The van der Waals surface area contributed by atoms with Crippen molar-refractivity contribution in [3.8, 4) is 0 Å². The van der Waals surface area contributed by atoms with Crippen LogP contribution < -0.4 is 11.1 Å². The molecule has 0 saturated heterocycles. The van der Waals surface area contributed by atoms with Gasteiger partial charge in [0.1, 0.15) is 0 Å². The molecule has 0 aromatic heterocycles. The van der Waals surface area contributed by atoms with Gasteiger partial charge in [-0.2, -0.15) is 0 Å². The van der Waals surface area contributed by atoms with Crippen LogP contribution in [0.25, 0.3) is 0 Å². The number of rotatable bonds is 10. The van der Waals surface area contributed by atoms with Gasteiger partial charge in [0.05, 0.1) is 4.99 Å². The van der Waals surface area contributed by atoms with Crippen LogP contribution >= 0.6 is 23.8 Å². The average molecular weight is 513 g/mol. The SMILES string of the molecule is N[C@H]1CC[C@H](NC(=S)C23CC4CC(c5ccccc5)(CC(C2)C4=CCCCCCCCCl)C3)CC1. The van der Waals surface area contributed by atoms with Crippen LogP contribution in [0.3, 0.4) is 0 Å². The number of alkyl halides is 1. The summed E-state index contributed by atoms with van der Waals surface area (Å²) >= 11 is 12.1. The fourth-order valence-electron chi connectivity index (χ4n) is 8.31. The number of nitrogens with two attached hydrogens (primary N) is 1. The molecule has 1 aromatic carbocycles. The maximum atomic E-state index is 6.28. The summed E-state index contributed by atoms with van der Waals surface area (Å²) in [5, 5.41) is 3.90. The van der Waals surface area contributed by atoms with Crippen LogP contribution in [0, 0.1) is 17.3 Å². The third-order valence-corrected chi connectivity index (χ3v) is 10.7. The number of hydrogen-bond donors (Lipinski definition) is 2. The van der Waals surface area contributed by atoms with Crippen LogP contribution in [-0.2, 0) is 5.41 Å². The highest BCUT2D eigenvalue weighted by atomic mass is 35.5. The van der Waals surface area contributed by atoms with Gasteiger partial charge in [0.25, 0.3) is 0 Å². The highest BCUT2D eigenvalue weighted by Gasteiger charge is 2.61. The van der Waals surface area contributed by atoms with Crippen LogP contribution in [0.5, 0.6) is 0 Å². The van der Waals surface area contributed by atoms with Gasteiger partial charge in [0.15, 0.2) is 0 Å². The largest absolute Gasteiger partial charge is 0.376 e. The van der Waals surface area contributed by atoms with Crippen LogP contribution in [0.2, 0.25) is 0 Å². The van der Waals surface area contributed by atoms with E-state index in [0.29, 0.717) is 29.3 Å². The van der Waals surface area contributed by atoms with Gasteiger partial charge < -0.3 is 11.1 Å². The smallest absolute Gasteiger partial charge is 0.0818 e. The van der Waals surface area contributed by atoms with E-state index in [1.807, 2.05) is 0 Å². The Balaban J connectivity index is 1.31. The van der Waals surface area contributed by atoms with E-state index in [0.717, 1.165) is 25.1 Å². The number of hydrogen-bond acceptors (Lipinski definition) is 2. The highest BCUT2D eigenvalue weighted by Crippen LogP contribution is 2.67. The molecule has 0 amide bonds. The van der Waals surface area contributed by atoms with E-state index in [1.165, 1.54) is 82.0 Å². The second-order valence-corrected chi connectivity index (χ2v) is 13.1. The van der Waals surface area contributed by atoms with Gasteiger partial charge in [-0.15, -0.1) is 11.6 Å². The first-order valence-corrected chi connectivity index (χ1v) is 15.4. The third kappa shape index (κ3) is 5.53. The molecule has 4 heteroatoms. The molecule has 6 rings (SSSR count). The van der Waals surface area contributed by atoms with Gasteiger partial charge in [-0.05, 0) is 99.9 Å². The Kier molecular flexibility index (Phi) is 8.26. The summed E-state index contributed by atoms with van der Waals surface area (Å²) in [6.45, 7) is 0. The summed E-state index contributed by atoms with van der Waals surface area (Å²) < 4.78 is 0. The monoisotopic (exact) mass is 512 g/mol. The molecule has 35 heavy (non-hydrogen) atoms. The summed E-state index contributed by atoms with van der Waals surface area (Å²) in [5.41, 5.74) is 10.0. The second-order valence-electron chi connectivity index (χ2n) is 12.3. The zero-order chi connectivity index (χ0) is 24.3. The lowest BCUT2D eigenvalue weighted by atomic mass is 9.41. The molecule has 1 aromatic rings. The fraction of sp³-hybridized carbons (Fsp3) is 0.710. The molecular formula is C31H45ClN2S. The van der Waals surface area contributed by atoms with Crippen molar-refractivity contribution in [3.63, 3.8) is 0 Å². The summed E-state index contributed by atoms with van der Waals surface area (Å²) in [6, 6.07) is 12.3. The third-order valence-electron chi connectivity index (χ3n) is 9.86. The van der Waals surface area contributed by atoms with Crippen LogP contribution in [0.4, 0.5) is 0 Å². The van der Waals surface area contributed by atoms with Crippen molar-refractivity contribution in [1.29, 1.82) is 0 Å². The molecule has 0 aliphatic heterocycles. The van der Waals surface area contributed by atoms with Crippen molar-refractivity contribution >= 4 is 28.8 Å². The van der Waals surface area contributed by atoms with E-state index >= 15 is 0 Å². The topological polar surface area (TPSA) is 38.0 Å². The Morgan fingerprint density at radius 2 is 1.60 bits per heavy atom. The van der Waals surface area contributed by atoms with E-state index in [4.69, 9.17) is 29.6 Å². The molecule has 2 unspecified atom stereocenters. The maximum absolute atomic E-state index is 6.28. The van der Waals surface area contributed by atoms with Crippen molar-refractivity contribution in [3.05, 3.63) is 47.5 Å². The van der Waals surface area contributed by atoms with Gasteiger partial charge in [-0.1, -0.05) is 73.5 Å². The van der Waals surface area contributed by atoms with Gasteiger partial charge in [-0.3, -0.25) is 0 Å². The maximum Gasteiger partial charge on any atom is 0.0818 e. The van der Waals surface area contributed by atoms with Gasteiger partial charge in [0.2, 0.25) is 0 Å². The zero-order valence-corrected chi connectivity index (χ0v) is 23.0. The Bertz CT molecular complexity index is 871. The second kappa shape index (κ2) is 11.2. The average Bonchev–Trinajstić information content (AvgIpc) is 2.86. The van der Waals surface area contributed by atoms with E-state index in [2.05, 4.69) is 41.7 Å². The van der Waals surface area contributed by atoms with Gasteiger partial charge in [0, 0.05) is 23.4 Å². The highest BCUT2D eigenvalue weighted by molar-refractivity contribution is 7.80. The molecule has 4 bridgehead atoms. The molecule has 3 N–H and O–H groups in total. The van der Waals surface area contributed by atoms with E-state index in [-0.39, 0.29) is 5.41 Å². The van der Waals surface area contributed by atoms with E-state index < -0.39 is 0 Å². The molecule has 5 aliphatic carbocycles. The van der Waals surface area contributed by atoms with Crippen molar-refractivity contribution in [2.75, 3.05) is 5.88 Å². The molecule has 2 nitrogen and oxygen atoms in total. The minimum absolute atomic E-state index is 0.176. The summed E-state index contributed by atoms with van der Waals surface area (Å²) in [4.78, 5) is 1.19. The number of thiocarbonyl (C=S) groups is 1. The van der Waals surface area contributed by atoms with Gasteiger partial charge >= 0.3 is 0 Å². The predicted octanol–water partition coefficient (Wildman–Crippen LogP) is 7.83. The van der Waals surface area contributed by atoms with Crippen molar-refractivity contribution < 1.29 is 0 Å². The minimum Gasteiger partial charge on any atom is -0.376 e. The number of benzene rings is 1. The van der Waals surface area contributed by atoms with Crippen LogP contribution in [0.1, 0.15) is 102 Å². The molecule has 5 fully saturated rings. The Morgan fingerprint density at radius 1 is 0.943 bits per heavy atom.